The molecule has 6 heteroatoms. The Kier molecular flexibility index (Phi) is 2.54. The molecule has 1 aromatic carbocycles. The lowest BCUT2D eigenvalue weighted by Crippen LogP contribution is -2.44. The highest BCUT2D eigenvalue weighted by Gasteiger charge is 2.17. The smallest absolute Gasteiger partial charge is 0.220 e. The van der Waals surface area contributed by atoms with Crippen LogP contribution < -0.4 is 10.7 Å². The predicted octanol–water partition coefficient (Wildman–Crippen LogP) is 0.458. The van der Waals surface area contributed by atoms with Gasteiger partial charge in [-0.05, 0) is 18.2 Å². The molecule has 0 saturated carbocycles. The van der Waals surface area contributed by atoms with E-state index in [-0.39, 0.29) is 0 Å². The molecule has 0 bridgehead atoms. The lowest BCUT2D eigenvalue weighted by molar-refractivity contribution is 0.112. The number of hydrogen-bond acceptors (Lipinski definition) is 5. The van der Waals surface area contributed by atoms with Crippen molar-refractivity contribution in [3.63, 3.8) is 0 Å². The Bertz CT molecular complexity index is 621. The summed E-state index contributed by atoms with van der Waals surface area (Å²) in [6.07, 6.45) is 0. The molecule has 2 aromatic rings. The molecule has 0 unspecified atom stereocenters. The maximum Gasteiger partial charge on any atom is 0.220 e. The molecule has 0 aliphatic carbocycles. The van der Waals surface area contributed by atoms with E-state index in [4.69, 9.17) is 15.7 Å². The van der Waals surface area contributed by atoms with E-state index in [2.05, 4.69) is 16.1 Å². The number of nitrogens with zero attached hydrogens (tertiary/aromatic N) is 4. The van der Waals surface area contributed by atoms with Gasteiger partial charge in [0.2, 0.25) is 5.95 Å². The number of nitrogens with two attached hydrogens (primary N) is 1. The molecule has 3 rings (SSSR count). The van der Waals surface area contributed by atoms with Crippen LogP contribution >= 0.6 is 0 Å². The number of hydrogen-bond donors (Lipinski definition) is 1. The highest BCUT2D eigenvalue weighted by molar-refractivity contribution is 5.80. The van der Waals surface area contributed by atoms with Crippen molar-refractivity contribution >= 4 is 17.0 Å². The molecule has 0 amide bonds. The van der Waals surface area contributed by atoms with Crippen LogP contribution in [-0.2, 0) is 4.74 Å². The summed E-state index contributed by atoms with van der Waals surface area (Å²) in [7, 11) is 0. The first kappa shape index (κ1) is 10.9. The molecule has 2 heterocycles. The van der Waals surface area contributed by atoms with Gasteiger partial charge in [-0.2, -0.15) is 5.26 Å². The van der Waals surface area contributed by atoms with E-state index in [1.165, 1.54) is 0 Å². The third kappa shape index (κ3) is 1.65. The highest BCUT2D eigenvalue weighted by Crippen LogP contribution is 2.20. The summed E-state index contributed by atoms with van der Waals surface area (Å²) in [5.74, 6) is 0.446. The second-order valence-corrected chi connectivity index (χ2v) is 4.16. The van der Waals surface area contributed by atoms with Crippen molar-refractivity contribution in [1.82, 2.24) is 9.66 Å². The van der Waals surface area contributed by atoms with Crippen molar-refractivity contribution in [3.05, 3.63) is 23.8 Å². The van der Waals surface area contributed by atoms with Gasteiger partial charge in [-0.3, -0.25) is 0 Å². The topological polar surface area (TPSA) is 80.1 Å². The molecule has 1 aliphatic rings. The van der Waals surface area contributed by atoms with E-state index < -0.39 is 0 Å². The fraction of sp³-hybridized carbons (Fsp3) is 0.333. The van der Waals surface area contributed by atoms with Gasteiger partial charge in [-0.1, -0.05) is 0 Å². The third-order valence-electron chi connectivity index (χ3n) is 3.06. The van der Waals surface area contributed by atoms with E-state index in [0.717, 1.165) is 24.1 Å². The summed E-state index contributed by atoms with van der Waals surface area (Å²) in [6, 6.07) is 7.52. The van der Waals surface area contributed by atoms with Gasteiger partial charge in [0.1, 0.15) is 0 Å². The maximum absolute atomic E-state index is 8.96. The van der Waals surface area contributed by atoms with Crippen LogP contribution in [0, 0.1) is 11.3 Å². The minimum atomic E-state index is 0.446. The Morgan fingerprint density at radius 2 is 2.11 bits per heavy atom. The lowest BCUT2D eigenvalue weighted by Gasteiger charge is -2.30. The number of rotatable bonds is 1. The first-order valence-electron chi connectivity index (χ1n) is 5.80. The van der Waals surface area contributed by atoms with Gasteiger partial charge >= 0.3 is 0 Å². The third-order valence-corrected chi connectivity index (χ3v) is 3.06. The van der Waals surface area contributed by atoms with Crippen molar-refractivity contribution < 1.29 is 4.74 Å². The van der Waals surface area contributed by atoms with Gasteiger partial charge in [0.05, 0.1) is 49.0 Å². The minimum absolute atomic E-state index is 0.446. The molecular formula is C12H13N5O. The number of nitrogen functional groups attached to an aromatic ring is 1. The molecule has 1 saturated heterocycles. The second kappa shape index (κ2) is 4.20. The Labute approximate surface area is 104 Å². The number of imidazole rings is 1. The fourth-order valence-electron chi connectivity index (χ4n) is 2.20. The molecular weight excluding hydrogens is 230 g/mol. The number of anilines is 1. The van der Waals surface area contributed by atoms with E-state index in [1.54, 1.807) is 6.07 Å². The van der Waals surface area contributed by atoms with Crippen molar-refractivity contribution in [2.75, 3.05) is 37.0 Å². The first-order chi connectivity index (χ1) is 8.79. The van der Waals surface area contributed by atoms with Gasteiger partial charge in [0.25, 0.3) is 0 Å². The molecule has 18 heavy (non-hydrogen) atoms. The second-order valence-electron chi connectivity index (χ2n) is 4.16. The molecule has 1 fully saturated rings. The summed E-state index contributed by atoms with van der Waals surface area (Å²) < 4.78 is 7.20. The quantitative estimate of drug-likeness (QED) is 0.787. The van der Waals surface area contributed by atoms with Crippen LogP contribution in [0.4, 0.5) is 5.95 Å². The summed E-state index contributed by atoms with van der Waals surface area (Å²) in [6.45, 7) is 2.90. The Morgan fingerprint density at radius 3 is 2.83 bits per heavy atom. The number of benzene rings is 1. The van der Waals surface area contributed by atoms with Gasteiger partial charge in [-0.25, -0.2) is 9.66 Å². The summed E-state index contributed by atoms with van der Waals surface area (Å²) in [5, 5.41) is 11.1. The molecule has 0 spiro atoms. The van der Waals surface area contributed by atoms with Crippen molar-refractivity contribution in [2.24, 2.45) is 0 Å². The normalized spacial score (nSPS) is 15.8. The Morgan fingerprint density at radius 1 is 1.33 bits per heavy atom. The summed E-state index contributed by atoms with van der Waals surface area (Å²) >= 11 is 0. The molecule has 6 nitrogen and oxygen atoms in total. The Hall–Kier alpha value is -2.26. The molecule has 1 aliphatic heterocycles. The van der Waals surface area contributed by atoms with Gasteiger partial charge in [0, 0.05) is 0 Å². The van der Waals surface area contributed by atoms with E-state index in [1.807, 2.05) is 16.8 Å². The van der Waals surface area contributed by atoms with Crippen LogP contribution in [0.5, 0.6) is 0 Å². The first-order valence-corrected chi connectivity index (χ1v) is 5.80. The molecule has 0 radical (unpaired) electrons. The number of morpholine rings is 1. The van der Waals surface area contributed by atoms with Crippen LogP contribution in [0.3, 0.4) is 0 Å². The predicted molar refractivity (Wildman–Crippen MR) is 67.6 cm³/mol. The average Bonchev–Trinajstić information content (AvgIpc) is 2.74. The van der Waals surface area contributed by atoms with Crippen LogP contribution in [0.25, 0.3) is 11.0 Å². The zero-order valence-electron chi connectivity index (χ0n) is 9.83. The van der Waals surface area contributed by atoms with Gasteiger partial charge in [0.15, 0.2) is 0 Å². The number of nitriles is 1. The van der Waals surface area contributed by atoms with E-state index in [9.17, 15) is 0 Å². The van der Waals surface area contributed by atoms with Crippen molar-refractivity contribution in [2.45, 2.75) is 0 Å². The highest BCUT2D eigenvalue weighted by atomic mass is 16.5. The summed E-state index contributed by atoms with van der Waals surface area (Å²) in [4.78, 5) is 4.31. The van der Waals surface area contributed by atoms with Crippen molar-refractivity contribution in [1.29, 1.82) is 5.26 Å². The van der Waals surface area contributed by atoms with Crippen LogP contribution in [0.2, 0.25) is 0 Å². The largest absolute Gasteiger partial charge is 0.378 e. The number of ether oxygens (including phenoxy) is 1. The van der Waals surface area contributed by atoms with Gasteiger partial charge < -0.3 is 15.5 Å². The zero-order chi connectivity index (χ0) is 12.5. The van der Waals surface area contributed by atoms with Crippen LogP contribution in [0.15, 0.2) is 18.2 Å². The molecule has 1 aromatic heterocycles. The standard InChI is InChI=1S/C12H13N5O/c13-8-9-1-2-10-11(7-9)17(12(14)15-10)16-3-5-18-6-4-16/h1-2,7H,3-6H2,(H2,14,15). The minimum Gasteiger partial charge on any atom is -0.378 e. The monoisotopic (exact) mass is 243 g/mol. The lowest BCUT2D eigenvalue weighted by atomic mass is 10.2. The van der Waals surface area contributed by atoms with Gasteiger partial charge in [-0.15, -0.1) is 0 Å². The van der Waals surface area contributed by atoms with Crippen LogP contribution in [-0.4, -0.2) is 36.0 Å². The maximum atomic E-state index is 8.96. The average molecular weight is 243 g/mol. The molecule has 2 N–H and O–H groups in total. The SMILES string of the molecule is N#Cc1ccc2nc(N)n(N3CCOCC3)c2c1. The van der Waals surface area contributed by atoms with Crippen molar-refractivity contribution in [3.8, 4) is 6.07 Å². The molecule has 92 valence electrons. The zero-order valence-corrected chi connectivity index (χ0v) is 9.83. The fourth-order valence-corrected chi connectivity index (χ4v) is 2.20. The number of fused-ring (bicyclic) bond motifs is 1. The molecule has 0 atom stereocenters. The van der Waals surface area contributed by atoms with Crippen LogP contribution in [0.1, 0.15) is 5.56 Å². The summed E-state index contributed by atoms with van der Waals surface area (Å²) in [5.41, 5.74) is 8.24. The number of aromatic nitrogens is 2. The van der Waals surface area contributed by atoms with E-state index in [0.29, 0.717) is 24.7 Å². The Balaban J connectivity index is 2.14. The van der Waals surface area contributed by atoms with E-state index >= 15 is 0 Å².